The first-order chi connectivity index (χ1) is 7.92. The molecule has 0 saturated carbocycles. The molecule has 92 valence electrons. The number of carbonyl (C=O) groups excluding carboxylic acids is 2. The van der Waals surface area contributed by atoms with Gasteiger partial charge in [0, 0.05) is 0 Å². The smallest absolute Gasteiger partial charge is 0.248 e. The molecule has 0 aliphatic carbocycles. The van der Waals surface area contributed by atoms with Gasteiger partial charge in [-0.1, -0.05) is 0 Å². The Hall–Kier alpha value is -1.36. The van der Waals surface area contributed by atoms with Crippen molar-refractivity contribution in [1.29, 1.82) is 0 Å². The summed E-state index contributed by atoms with van der Waals surface area (Å²) in [6, 6.07) is 1.93. The summed E-state index contributed by atoms with van der Waals surface area (Å²) in [5.74, 6) is -0.132. The molecule has 1 saturated heterocycles. The molecule has 5 heteroatoms. The highest BCUT2D eigenvalue weighted by molar-refractivity contribution is 7.07. The molecule has 1 atom stereocenters. The lowest BCUT2D eigenvalue weighted by atomic mass is 9.98. The summed E-state index contributed by atoms with van der Waals surface area (Å²) in [6.07, 6.45) is 0. The minimum absolute atomic E-state index is 0.0317. The molecule has 1 aromatic rings. The van der Waals surface area contributed by atoms with Crippen LogP contribution in [0.5, 0.6) is 0 Å². The Labute approximate surface area is 105 Å². The Bertz CT molecular complexity index is 439. The van der Waals surface area contributed by atoms with Gasteiger partial charge in [-0.2, -0.15) is 11.3 Å². The quantitative estimate of drug-likeness (QED) is 0.868. The van der Waals surface area contributed by atoms with Crippen LogP contribution in [0.1, 0.15) is 32.4 Å². The van der Waals surface area contributed by atoms with Crippen molar-refractivity contribution < 1.29 is 9.59 Å². The Balaban J connectivity index is 2.25. The van der Waals surface area contributed by atoms with Crippen molar-refractivity contribution >= 4 is 23.2 Å². The van der Waals surface area contributed by atoms with Crippen molar-refractivity contribution in [1.82, 2.24) is 10.2 Å². The molecule has 2 amide bonds. The van der Waals surface area contributed by atoms with Crippen molar-refractivity contribution in [2.75, 3.05) is 6.54 Å². The van der Waals surface area contributed by atoms with Gasteiger partial charge in [-0.3, -0.25) is 9.59 Å². The van der Waals surface area contributed by atoms with Gasteiger partial charge in [-0.15, -0.1) is 0 Å². The monoisotopic (exact) mass is 252 g/mol. The summed E-state index contributed by atoms with van der Waals surface area (Å²) in [6.45, 7) is 5.56. The van der Waals surface area contributed by atoms with E-state index in [2.05, 4.69) is 5.32 Å². The lowest BCUT2D eigenvalue weighted by Crippen LogP contribution is -2.64. The lowest BCUT2D eigenvalue weighted by molar-refractivity contribution is -0.150. The minimum atomic E-state index is -0.806. The predicted molar refractivity (Wildman–Crippen MR) is 66.7 cm³/mol. The molecule has 2 rings (SSSR count). The van der Waals surface area contributed by atoms with Crippen LogP contribution < -0.4 is 5.32 Å². The predicted octanol–water partition coefficient (Wildman–Crippen LogP) is 1.55. The minimum Gasteiger partial charge on any atom is -0.341 e. The number of hydrogen-bond donors (Lipinski definition) is 1. The fraction of sp³-hybridized carbons (Fsp3) is 0.500. The maximum Gasteiger partial charge on any atom is 0.248 e. The molecular formula is C12H16N2O2S. The second-order valence-corrected chi connectivity index (χ2v) is 5.62. The number of hydrogen-bond acceptors (Lipinski definition) is 3. The molecule has 1 aromatic heterocycles. The molecule has 1 fully saturated rings. The van der Waals surface area contributed by atoms with Crippen LogP contribution in [0.3, 0.4) is 0 Å². The molecule has 4 nitrogen and oxygen atoms in total. The molecule has 0 spiro atoms. The van der Waals surface area contributed by atoms with Gasteiger partial charge in [0.1, 0.15) is 12.1 Å². The summed E-state index contributed by atoms with van der Waals surface area (Å²) in [7, 11) is 0. The molecular weight excluding hydrogens is 236 g/mol. The van der Waals surface area contributed by atoms with Crippen molar-refractivity contribution in [3.8, 4) is 0 Å². The van der Waals surface area contributed by atoms with Crippen LogP contribution in [0.2, 0.25) is 0 Å². The van der Waals surface area contributed by atoms with E-state index < -0.39 is 5.54 Å². The van der Waals surface area contributed by atoms with Gasteiger partial charge in [0.25, 0.3) is 0 Å². The van der Waals surface area contributed by atoms with E-state index in [1.807, 2.05) is 23.8 Å². The summed E-state index contributed by atoms with van der Waals surface area (Å²) < 4.78 is 0. The molecule has 1 aliphatic rings. The highest BCUT2D eigenvalue weighted by Crippen LogP contribution is 2.26. The van der Waals surface area contributed by atoms with E-state index in [4.69, 9.17) is 0 Å². The van der Waals surface area contributed by atoms with E-state index in [9.17, 15) is 9.59 Å². The van der Waals surface area contributed by atoms with Gasteiger partial charge in [-0.25, -0.2) is 0 Å². The molecule has 0 radical (unpaired) electrons. The van der Waals surface area contributed by atoms with Gasteiger partial charge in [0.2, 0.25) is 11.8 Å². The molecule has 0 aromatic carbocycles. The number of amides is 2. The molecule has 1 aliphatic heterocycles. The van der Waals surface area contributed by atoms with E-state index in [0.29, 0.717) is 0 Å². The zero-order valence-electron chi connectivity index (χ0n) is 10.2. The Morgan fingerprint density at radius 1 is 1.47 bits per heavy atom. The first-order valence-corrected chi connectivity index (χ1v) is 6.50. The third-order valence-electron chi connectivity index (χ3n) is 3.05. The van der Waals surface area contributed by atoms with Crippen LogP contribution >= 0.6 is 11.3 Å². The van der Waals surface area contributed by atoms with Crippen LogP contribution in [-0.4, -0.2) is 28.8 Å². The second kappa shape index (κ2) is 4.14. The maximum absolute atomic E-state index is 12.2. The Morgan fingerprint density at radius 3 is 2.76 bits per heavy atom. The van der Waals surface area contributed by atoms with Gasteiger partial charge in [-0.05, 0) is 43.2 Å². The van der Waals surface area contributed by atoms with Crippen molar-refractivity contribution in [2.24, 2.45) is 0 Å². The number of carbonyl (C=O) groups is 2. The molecule has 1 unspecified atom stereocenters. The third-order valence-corrected chi connectivity index (χ3v) is 3.76. The number of piperazine rings is 1. The number of rotatable bonds is 2. The van der Waals surface area contributed by atoms with E-state index >= 15 is 0 Å². The molecule has 17 heavy (non-hydrogen) atoms. The first-order valence-electron chi connectivity index (χ1n) is 5.56. The molecule has 0 bridgehead atoms. The fourth-order valence-electron chi connectivity index (χ4n) is 2.03. The topological polar surface area (TPSA) is 49.4 Å². The van der Waals surface area contributed by atoms with Crippen LogP contribution in [0.15, 0.2) is 16.8 Å². The lowest BCUT2D eigenvalue weighted by Gasteiger charge is -2.40. The largest absolute Gasteiger partial charge is 0.341 e. The van der Waals surface area contributed by atoms with E-state index in [-0.39, 0.29) is 24.4 Å². The summed E-state index contributed by atoms with van der Waals surface area (Å²) >= 11 is 1.60. The normalized spacial score (nSPS) is 21.2. The van der Waals surface area contributed by atoms with Crippen molar-refractivity contribution in [3.63, 3.8) is 0 Å². The zero-order chi connectivity index (χ0) is 12.6. The zero-order valence-corrected chi connectivity index (χ0v) is 11.0. The Kier molecular flexibility index (Phi) is 2.95. The molecule has 2 heterocycles. The summed E-state index contributed by atoms with van der Waals surface area (Å²) in [5, 5.41) is 6.70. The average molecular weight is 252 g/mol. The van der Waals surface area contributed by atoms with Crippen LogP contribution in [0, 0.1) is 0 Å². The van der Waals surface area contributed by atoms with Gasteiger partial charge < -0.3 is 10.2 Å². The summed E-state index contributed by atoms with van der Waals surface area (Å²) in [4.78, 5) is 25.5. The average Bonchev–Trinajstić information content (AvgIpc) is 2.75. The van der Waals surface area contributed by atoms with Crippen molar-refractivity contribution in [3.05, 3.63) is 22.4 Å². The van der Waals surface area contributed by atoms with Gasteiger partial charge in [0.15, 0.2) is 0 Å². The van der Waals surface area contributed by atoms with E-state index in [1.165, 1.54) is 0 Å². The van der Waals surface area contributed by atoms with E-state index in [1.54, 1.807) is 30.1 Å². The van der Waals surface area contributed by atoms with Crippen LogP contribution in [0.25, 0.3) is 0 Å². The van der Waals surface area contributed by atoms with Gasteiger partial charge in [0.05, 0.1) is 6.04 Å². The number of thiophene rings is 1. The highest BCUT2D eigenvalue weighted by Gasteiger charge is 2.41. The van der Waals surface area contributed by atoms with E-state index in [0.717, 1.165) is 5.56 Å². The number of nitrogens with zero attached hydrogens (tertiary/aromatic N) is 1. The Morgan fingerprint density at radius 2 is 2.18 bits per heavy atom. The fourth-order valence-corrected chi connectivity index (χ4v) is 2.78. The van der Waals surface area contributed by atoms with Gasteiger partial charge >= 0.3 is 0 Å². The first kappa shape index (κ1) is 12.1. The number of nitrogens with one attached hydrogen (secondary N) is 1. The third kappa shape index (κ3) is 2.20. The van der Waals surface area contributed by atoms with Crippen LogP contribution in [0.4, 0.5) is 0 Å². The highest BCUT2D eigenvalue weighted by atomic mass is 32.1. The summed E-state index contributed by atoms with van der Waals surface area (Å²) in [5.41, 5.74) is 0.272. The maximum atomic E-state index is 12.2. The SMILES string of the molecule is CC(c1ccsc1)N1CC(=O)NC(C)(C)C1=O. The second-order valence-electron chi connectivity index (χ2n) is 4.84. The standard InChI is InChI=1S/C12H16N2O2S/c1-8(9-4-5-17-7-9)14-6-10(15)13-12(2,3)11(14)16/h4-5,7-8H,6H2,1-3H3,(H,13,15). The van der Waals surface area contributed by atoms with Crippen LogP contribution in [-0.2, 0) is 9.59 Å². The molecule has 1 N–H and O–H groups in total. The van der Waals surface area contributed by atoms with Crippen molar-refractivity contribution in [2.45, 2.75) is 32.4 Å².